The maximum absolute atomic E-state index is 11.2. The van der Waals surface area contributed by atoms with Crippen LogP contribution in [0.25, 0.3) is 0 Å². The van der Waals surface area contributed by atoms with Crippen molar-refractivity contribution in [3.05, 3.63) is 35.9 Å². The standard InChI is InChI=1S/C17H27NO2/c1-13(2)11-18(12-14(3)4)16(10-17(19)20)15-8-6-5-7-9-15/h5-9,13-14,16H,10-12H2,1-4H3,(H,19,20). The molecule has 1 rings (SSSR count). The van der Waals surface area contributed by atoms with E-state index in [1.165, 1.54) is 0 Å². The lowest BCUT2D eigenvalue weighted by molar-refractivity contribution is -0.138. The number of rotatable bonds is 8. The van der Waals surface area contributed by atoms with Gasteiger partial charge in [0.05, 0.1) is 6.42 Å². The highest BCUT2D eigenvalue weighted by atomic mass is 16.4. The molecule has 1 atom stereocenters. The first-order valence-corrected chi connectivity index (χ1v) is 7.41. The molecule has 20 heavy (non-hydrogen) atoms. The van der Waals surface area contributed by atoms with Crippen LogP contribution in [0.15, 0.2) is 30.3 Å². The summed E-state index contributed by atoms with van der Waals surface area (Å²) in [5.74, 6) is 0.305. The van der Waals surface area contributed by atoms with Crippen molar-refractivity contribution in [1.29, 1.82) is 0 Å². The minimum absolute atomic E-state index is 0.0431. The van der Waals surface area contributed by atoms with Crippen LogP contribution in [0.1, 0.15) is 45.7 Å². The number of carbonyl (C=O) groups is 1. The van der Waals surface area contributed by atoms with E-state index in [9.17, 15) is 9.90 Å². The largest absolute Gasteiger partial charge is 0.481 e. The summed E-state index contributed by atoms with van der Waals surface area (Å²) in [6.07, 6.45) is 0.156. The molecule has 0 spiro atoms. The third-order valence-corrected chi connectivity index (χ3v) is 3.19. The molecule has 0 heterocycles. The zero-order chi connectivity index (χ0) is 15.1. The summed E-state index contributed by atoms with van der Waals surface area (Å²) >= 11 is 0. The van der Waals surface area contributed by atoms with E-state index in [0.29, 0.717) is 11.8 Å². The highest BCUT2D eigenvalue weighted by Crippen LogP contribution is 2.26. The van der Waals surface area contributed by atoms with E-state index < -0.39 is 5.97 Å². The van der Waals surface area contributed by atoms with Crippen molar-refractivity contribution in [1.82, 2.24) is 4.90 Å². The van der Waals surface area contributed by atoms with E-state index in [1.807, 2.05) is 30.3 Å². The van der Waals surface area contributed by atoms with Gasteiger partial charge in [-0.05, 0) is 17.4 Å². The highest BCUT2D eigenvalue weighted by molar-refractivity contribution is 5.68. The third kappa shape index (κ3) is 5.74. The fourth-order valence-corrected chi connectivity index (χ4v) is 2.57. The number of aliphatic carboxylic acids is 1. The van der Waals surface area contributed by atoms with E-state index in [2.05, 4.69) is 32.6 Å². The Balaban J connectivity index is 3.00. The maximum atomic E-state index is 11.2. The molecule has 1 aromatic carbocycles. The van der Waals surface area contributed by atoms with Gasteiger partial charge in [-0.2, -0.15) is 0 Å². The Kier molecular flexibility index (Phi) is 6.73. The molecule has 0 aliphatic carbocycles. The molecule has 3 nitrogen and oxygen atoms in total. The van der Waals surface area contributed by atoms with Crippen LogP contribution in [0.2, 0.25) is 0 Å². The fraction of sp³-hybridized carbons (Fsp3) is 0.588. The van der Waals surface area contributed by atoms with Crippen molar-refractivity contribution in [3.63, 3.8) is 0 Å². The molecule has 112 valence electrons. The van der Waals surface area contributed by atoms with Crippen molar-refractivity contribution in [2.24, 2.45) is 11.8 Å². The van der Waals surface area contributed by atoms with E-state index in [0.717, 1.165) is 18.7 Å². The molecular formula is C17H27NO2. The molecule has 0 amide bonds. The van der Waals surface area contributed by atoms with E-state index in [1.54, 1.807) is 0 Å². The first kappa shape index (κ1) is 16.7. The molecule has 0 saturated heterocycles. The number of nitrogens with zero attached hydrogens (tertiary/aromatic N) is 1. The Labute approximate surface area is 122 Å². The summed E-state index contributed by atoms with van der Waals surface area (Å²) in [4.78, 5) is 13.6. The monoisotopic (exact) mass is 277 g/mol. The summed E-state index contributed by atoms with van der Waals surface area (Å²) in [7, 11) is 0. The summed E-state index contributed by atoms with van der Waals surface area (Å²) in [6, 6.07) is 9.94. The average molecular weight is 277 g/mol. The Morgan fingerprint density at radius 2 is 1.55 bits per heavy atom. The van der Waals surface area contributed by atoms with Crippen LogP contribution in [0.4, 0.5) is 0 Å². The first-order valence-electron chi connectivity index (χ1n) is 7.41. The molecule has 0 saturated carbocycles. The Morgan fingerprint density at radius 1 is 1.05 bits per heavy atom. The van der Waals surface area contributed by atoms with Crippen LogP contribution in [-0.2, 0) is 4.79 Å². The number of benzene rings is 1. The van der Waals surface area contributed by atoms with Crippen LogP contribution >= 0.6 is 0 Å². The van der Waals surface area contributed by atoms with Gasteiger partial charge >= 0.3 is 5.97 Å². The lowest BCUT2D eigenvalue weighted by Gasteiger charge is -2.34. The fourth-order valence-electron chi connectivity index (χ4n) is 2.57. The zero-order valence-electron chi connectivity index (χ0n) is 13.0. The van der Waals surface area contributed by atoms with Crippen LogP contribution in [0.3, 0.4) is 0 Å². The van der Waals surface area contributed by atoms with Crippen LogP contribution in [0.5, 0.6) is 0 Å². The number of hydrogen-bond donors (Lipinski definition) is 1. The molecular weight excluding hydrogens is 250 g/mol. The number of hydrogen-bond acceptors (Lipinski definition) is 2. The van der Waals surface area contributed by atoms with Gasteiger partial charge in [0.25, 0.3) is 0 Å². The predicted molar refractivity (Wildman–Crippen MR) is 82.7 cm³/mol. The second kappa shape index (κ2) is 8.05. The molecule has 0 aromatic heterocycles. The van der Waals surface area contributed by atoms with E-state index in [-0.39, 0.29) is 12.5 Å². The van der Waals surface area contributed by atoms with E-state index in [4.69, 9.17) is 0 Å². The lowest BCUT2D eigenvalue weighted by Crippen LogP contribution is -2.36. The average Bonchev–Trinajstić information content (AvgIpc) is 2.35. The van der Waals surface area contributed by atoms with Crippen LogP contribution < -0.4 is 0 Å². The molecule has 0 aliphatic heterocycles. The smallest absolute Gasteiger partial charge is 0.305 e. The summed E-state index contributed by atoms with van der Waals surface area (Å²) in [6.45, 7) is 10.6. The van der Waals surface area contributed by atoms with Crippen LogP contribution in [-0.4, -0.2) is 29.1 Å². The Bertz CT molecular complexity index is 391. The number of carboxylic acids is 1. The molecule has 0 bridgehead atoms. The van der Waals surface area contributed by atoms with Crippen molar-refractivity contribution in [2.45, 2.75) is 40.2 Å². The predicted octanol–water partition coefficient (Wildman–Crippen LogP) is 3.82. The molecule has 3 heteroatoms. The maximum Gasteiger partial charge on any atom is 0.305 e. The molecule has 1 N–H and O–H groups in total. The molecule has 1 aromatic rings. The topological polar surface area (TPSA) is 40.5 Å². The van der Waals surface area contributed by atoms with Crippen molar-refractivity contribution < 1.29 is 9.90 Å². The minimum atomic E-state index is -0.739. The van der Waals surface area contributed by atoms with Crippen LogP contribution in [0, 0.1) is 11.8 Å². The second-order valence-corrected chi connectivity index (χ2v) is 6.27. The number of carboxylic acid groups (broad SMARTS) is 1. The van der Waals surface area contributed by atoms with Gasteiger partial charge in [0.15, 0.2) is 0 Å². The summed E-state index contributed by atoms with van der Waals surface area (Å²) in [5, 5.41) is 9.24. The van der Waals surface area contributed by atoms with Gasteiger partial charge in [-0.3, -0.25) is 9.69 Å². The highest BCUT2D eigenvalue weighted by Gasteiger charge is 2.24. The van der Waals surface area contributed by atoms with Gasteiger partial charge in [0, 0.05) is 19.1 Å². The minimum Gasteiger partial charge on any atom is -0.481 e. The van der Waals surface area contributed by atoms with Crippen molar-refractivity contribution in [2.75, 3.05) is 13.1 Å². The molecule has 1 unspecified atom stereocenters. The second-order valence-electron chi connectivity index (χ2n) is 6.27. The van der Waals surface area contributed by atoms with Crippen molar-refractivity contribution >= 4 is 5.97 Å². The van der Waals surface area contributed by atoms with Gasteiger partial charge in [-0.1, -0.05) is 58.0 Å². The van der Waals surface area contributed by atoms with Gasteiger partial charge in [-0.25, -0.2) is 0 Å². The first-order chi connectivity index (χ1) is 9.40. The van der Waals surface area contributed by atoms with Gasteiger partial charge in [-0.15, -0.1) is 0 Å². The quantitative estimate of drug-likeness (QED) is 0.785. The lowest BCUT2D eigenvalue weighted by atomic mass is 9.99. The van der Waals surface area contributed by atoms with Crippen molar-refractivity contribution in [3.8, 4) is 0 Å². The molecule has 0 aliphatic rings. The third-order valence-electron chi connectivity index (χ3n) is 3.19. The zero-order valence-corrected chi connectivity index (χ0v) is 13.0. The molecule has 0 radical (unpaired) electrons. The SMILES string of the molecule is CC(C)CN(CC(C)C)C(CC(=O)O)c1ccccc1. The van der Waals surface area contributed by atoms with Gasteiger partial charge in [0.1, 0.15) is 0 Å². The van der Waals surface area contributed by atoms with Gasteiger partial charge in [0.2, 0.25) is 0 Å². The normalized spacial score (nSPS) is 13.2. The summed E-state index contributed by atoms with van der Waals surface area (Å²) < 4.78 is 0. The Hall–Kier alpha value is -1.35. The summed E-state index contributed by atoms with van der Waals surface area (Å²) in [5.41, 5.74) is 1.09. The Morgan fingerprint density at radius 3 is 1.95 bits per heavy atom. The molecule has 0 fully saturated rings. The van der Waals surface area contributed by atoms with Gasteiger partial charge < -0.3 is 5.11 Å². The van der Waals surface area contributed by atoms with E-state index >= 15 is 0 Å².